The average molecular weight is 562 g/mol. The van der Waals surface area contributed by atoms with Gasteiger partial charge in [0.25, 0.3) is 0 Å². The molecule has 1 aromatic carbocycles. The topological polar surface area (TPSA) is 241 Å². The summed E-state index contributed by atoms with van der Waals surface area (Å²) in [5, 5.41) is 35.2. The first-order valence-corrected chi connectivity index (χ1v) is 12.7. The third-order valence-electron chi connectivity index (χ3n) is 6.06. The fourth-order valence-corrected chi connectivity index (χ4v) is 4.07. The quantitative estimate of drug-likeness (QED) is 0.136. The van der Waals surface area contributed by atoms with Crippen molar-refractivity contribution >= 4 is 46.5 Å². The number of carbonyl (C=O) groups excluding carboxylic acids is 3. The number of amides is 3. The van der Waals surface area contributed by atoms with Gasteiger partial charge in [-0.15, -0.1) is 0 Å². The van der Waals surface area contributed by atoms with Gasteiger partial charge < -0.3 is 42.0 Å². The maximum atomic E-state index is 13.1. The number of H-pyrrole nitrogens is 1. The fourth-order valence-electron chi connectivity index (χ4n) is 4.07. The van der Waals surface area contributed by atoms with Gasteiger partial charge >= 0.3 is 17.9 Å². The van der Waals surface area contributed by atoms with Crippen molar-refractivity contribution in [1.82, 2.24) is 20.9 Å². The van der Waals surface area contributed by atoms with Crippen molar-refractivity contribution in [1.29, 1.82) is 0 Å². The summed E-state index contributed by atoms with van der Waals surface area (Å²) in [6.07, 6.45) is 0.236. The molecule has 0 radical (unpaired) electrons. The Kier molecular flexibility index (Phi) is 11.6. The Balaban J connectivity index is 2.16. The molecule has 40 heavy (non-hydrogen) atoms. The number of para-hydroxylation sites is 1. The summed E-state index contributed by atoms with van der Waals surface area (Å²) >= 11 is 0. The Labute approximate surface area is 229 Å². The molecule has 2 aromatic rings. The van der Waals surface area contributed by atoms with E-state index in [1.807, 2.05) is 24.3 Å². The van der Waals surface area contributed by atoms with Crippen molar-refractivity contribution in [3.05, 3.63) is 36.0 Å². The second-order valence-corrected chi connectivity index (χ2v) is 9.85. The number of aromatic amines is 1. The van der Waals surface area contributed by atoms with E-state index in [4.69, 9.17) is 15.9 Å². The average Bonchev–Trinajstić information content (AvgIpc) is 3.27. The van der Waals surface area contributed by atoms with Gasteiger partial charge in [0.05, 0.1) is 12.5 Å². The zero-order valence-corrected chi connectivity index (χ0v) is 22.2. The van der Waals surface area contributed by atoms with Crippen LogP contribution < -0.4 is 21.7 Å². The van der Waals surface area contributed by atoms with Crippen LogP contribution in [0, 0.1) is 5.92 Å². The minimum absolute atomic E-state index is 0.0522. The monoisotopic (exact) mass is 561 g/mol. The van der Waals surface area contributed by atoms with E-state index < -0.39 is 72.6 Å². The summed E-state index contributed by atoms with van der Waals surface area (Å²) in [5.74, 6) is -6.92. The summed E-state index contributed by atoms with van der Waals surface area (Å²) in [6, 6.07) is 1.94. The Morgan fingerprint density at radius 1 is 0.850 bits per heavy atom. The van der Waals surface area contributed by atoms with E-state index in [-0.39, 0.29) is 25.2 Å². The lowest BCUT2D eigenvalue weighted by Gasteiger charge is -2.25. The molecule has 218 valence electrons. The lowest BCUT2D eigenvalue weighted by atomic mass is 10.0. The Hall–Kier alpha value is -4.46. The van der Waals surface area contributed by atoms with E-state index in [1.165, 1.54) is 0 Å². The molecule has 0 unspecified atom stereocenters. The van der Waals surface area contributed by atoms with E-state index in [0.29, 0.717) is 0 Å². The van der Waals surface area contributed by atoms with E-state index in [2.05, 4.69) is 20.9 Å². The highest BCUT2D eigenvalue weighted by Gasteiger charge is 2.32. The predicted octanol–water partition coefficient (Wildman–Crippen LogP) is -0.0377. The van der Waals surface area contributed by atoms with E-state index >= 15 is 0 Å². The molecule has 0 aliphatic heterocycles. The highest BCUT2D eigenvalue weighted by molar-refractivity contribution is 5.95. The minimum Gasteiger partial charge on any atom is -0.481 e. The van der Waals surface area contributed by atoms with Crippen LogP contribution in [0.2, 0.25) is 0 Å². The summed E-state index contributed by atoms with van der Waals surface area (Å²) < 4.78 is 0. The number of nitrogens with one attached hydrogen (secondary N) is 4. The van der Waals surface area contributed by atoms with Gasteiger partial charge in [-0.2, -0.15) is 0 Å². The van der Waals surface area contributed by atoms with Crippen molar-refractivity contribution in [2.24, 2.45) is 11.7 Å². The molecule has 0 aliphatic carbocycles. The molecule has 0 saturated carbocycles. The second kappa shape index (κ2) is 14.6. The molecule has 14 heteroatoms. The number of hydrogen-bond donors (Lipinski definition) is 8. The Morgan fingerprint density at radius 3 is 2.05 bits per heavy atom. The van der Waals surface area contributed by atoms with Crippen LogP contribution in [-0.4, -0.2) is 80.1 Å². The first-order chi connectivity index (χ1) is 18.8. The molecular formula is C26H35N5O9. The zero-order chi connectivity index (χ0) is 30.0. The molecule has 0 bridgehead atoms. The third kappa shape index (κ3) is 9.69. The molecule has 3 amide bonds. The summed E-state index contributed by atoms with van der Waals surface area (Å²) in [4.78, 5) is 75.5. The SMILES string of the molecule is CC(C)C[C@H](NC(=O)[C@H](CCC(=O)O)NC(=O)[C@@H](N)Cc1c[nH]c2ccccc12)C(=O)N[C@@H](CC(=O)O)C(=O)O. The number of rotatable bonds is 16. The fraction of sp³-hybridized carbons (Fsp3) is 0.462. The van der Waals surface area contributed by atoms with E-state index in [1.54, 1.807) is 20.0 Å². The number of aromatic nitrogens is 1. The maximum absolute atomic E-state index is 13.1. The van der Waals surface area contributed by atoms with E-state index in [9.17, 15) is 33.9 Å². The largest absolute Gasteiger partial charge is 0.481 e. The molecule has 1 heterocycles. The van der Waals surface area contributed by atoms with Crippen LogP contribution in [0.3, 0.4) is 0 Å². The van der Waals surface area contributed by atoms with Gasteiger partial charge in [-0.05, 0) is 36.8 Å². The lowest BCUT2D eigenvalue weighted by molar-refractivity contribution is -0.147. The van der Waals surface area contributed by atoms with Crippen LogP contribution in [0.15, 0.2) is 30.5 Å². The summed E-state index contributed by atoms with van der Waals surface area (Å²) in [7, 11) is 0. The molecule has 0 aliphatic rings. The van der Waals surface area contributed by atoms with Crippen molar-refractivity contribution < 1.29 is 44.1 Å². The van der Waals surface area contributed by atoms with Crippen molar-refractivity contribution in [3.63, 3.8) is 0 Å². The third-order valence-corrected chi connectivity index (χ3v) is 6.06. The zero-order valence-electron chi connectivity index (χ0n) is 22.2. The van der Waals surface area contributed by atoms with Crippen LogP contribution in [0.4, 0.5) is 0 Å². The van der Waals surface area contributed by atoms with Crippen LogP contribution >= 0.6 is 0 Å². The minimum atomic E-state index is -1.73. The predicted molar refractivity (Wildman–Crippen MR) is 142 cm³/mol. The number of nitrogens with two attached hydrogens (primary N) is 1. The van der Waals surface area contributed by atoms with Crippen molar-refractivity contribution in [2.45, 2.75) is 70.1 Å². The number of hydrogen-bond acceptors (Lipinski definition) is 7. The number of benzene rings is 1. The number of carboxylic acids is 3. The van der Waals surface area contributed by atoms with Crippen LogP contribution in [0.5, 0.6) is 0 Å². The molecule has 0 fully saturated rings. The van der Waals surface area contributed by atoms with Crippen LogP contribution in [-0.2, 0) is 35.2 Å². The lowest BCUT2D eigenvalue weighted by Crippen LogP contribution is -2.57. The highest BCUT2D eigenvalue weighted by atomic mass is 16.4. The summed E-state index contributed by atoms with van der Waals surface area (Å²) in [6.45, 7) is 3.48. The van der Waals surface area contributed by atoms with Crippen LogP contribution in [0.25, 0.3) is 10.9 Å². The molecule has 1 aromatic heterocycles. The highest BCUT2D eigenvalue weighted by Crippen LogP contribution is 2.19. The second-order valence-electron chi connectivity index (χ2n) is 9.85. The molecular weight excluding hydrogens is 526 g/mol. The molecule has 14 nitrogen and oxygen atoms in total. The Morgan fingerprint density at radius 2 is 1.45 bits per heavy atom. The van der Waals surface area contributed by atoms with Gasteiger partial charge in [-0.1, -0.05) is 32.0 Å². The summed E-state index contributed by atoms with van der Waals surface area (Å²) in [5.41, 5.74) is 7.73. The van der Waals surface area contributed by atoms with Gasteiger partial charge in [0.15, 0.2) is 0 Å². The smallest absolute Gasteiger partial charge is 0.326 e. The van der Waals surface area contributed by atoms with Gasteiger partial charge in [-0.3, -0.25) is 24.0 Å². The first-order valence-electron chi connectivity index (χ1n) is 12.7. The number of aliphatic carboxylic acids is 3. The van der Waals surface area contributed by atoms with Crippen LogP contribution in [0.1, 0.15) is 45.1 Å². The van der Waals surface area contributed by atoms with Crippen molar-refractivity contribution in [3.8, 4) is 0 Å². The molecule has 0 spiro atoms. The number of carboxylic acid groups (broad SMARTS) is 3. The van der Waals surface area contributed by atoms with E-state index in [0.717, 1.165) is 16.5 Å². The first kappa shape index (κ1) is 31.8. The molecule has 9 N–H and O–H groups in total. The van der Waals surface area contributed by atoms with Gasteiger partial charge in [0, 0.05) is 23.5 Å². The maximum Gasteiger partial charge on any atom is 0.326 e. The van der Waals surface area contributed by atoms with Gasteiger partial charge in [0.1, 0.15) is 18.1 Å². The normalized spacial score (nSPS) is 14.1. The molecule has 0 saturated heterocycles. The number of carbonyl (C=O) groups is 6. The van der Waals surface area contributed by atoms with Gasteiger partial charge in [0.2, 0.25) is 17.7 Å². The van der Waals surface area contributed by atoms with Gasteiger partial charge in [-0.25, -0.2) is 4.79 Å². The molecule has 2 rings (SSSR count). The molecule has 4 atom stereocenters. The Bertz CT molecular complexity index is 1240. The standard InChI is InChI=1S/C26H35N5O9/c1-13(2)9-19(25(38)31-20(26(39)40)11-22(34)35)30-24(37)18(7-8-21(32)33)29-23(36)16(27)10-14-12-28-17-6-4-3-5-15(14)17/h3-6,12-13,16,18-20,28H,7-11,27H2,1-2H3,(H,29,36)(H,30,37)(H,31,38)(H,32,33)(H,34,35)(H,39,40)/t16-,18-,19-,20-/m0/s1. The van der Waals surface area contributed by atoms with Crippen molar-refractivity contribution in [2.75, 3.05) is 0 Å². The number of fused-ring (bicyclic) bond motifs is 1.